The van der Waals surface area contributed by atoms with Crippen LogP contribution in [-0.4, -0.2) is 63.7 Å². The predicted octanol–water partition coefficient (Wildman–Crippen LogP) is 2.50. The molecule has 1 heterocycles. The van der Waals surface area contributed by atoms with Crippen LogP contribution in [0.3, 0.4) is 0 Å². The maximum atomic E-state index is 13.1. The lowest BCUT2D eigenvalue weighted by molar-refractivity contribution is -0.132. The van der Waals surface area contributed by atoms with Gasteiger partial charge in [-0.25, -0.2) is 0 Å². The van der Waals surface area contributed by atoms with Gasteiger partial charge in [0.05, 0.1) is 25.6 Å². The van der Waals surface area contributed by atoms with Gasteiger partial charge in [-0.2, -0.15) is 0 Å². The van der Waals surface area contributed by atoms with Gasteiger partial charge >= 0.3 is 0 Å². The van der Waals surface area contributed by atoms with E-state index < -0.39 is 5.41 Å². The van der Waals surface area contributed by atoms with Crippen molar-refractivity contribution in [3.05, 3.63) is 23.7 Å². The number of carbonyl (C=O) groups excluding carboxylic acids is 1. The Morgan fingerprint density at radius 1 is 1.25 bits per heavy atom. The molecule has 5 nitrogen and oxygen atoms in total. The summed E-state index contributed by atoms with van der Waals surface area (Å²) in [5, 5.41) is 0. The minimum absolute atomic E-state index is 0.0845. The zero-order valence-electron chi connectivity index (χ0n) is 16.0. The molecule has 0 bridgehead atoms. The maximum absolute atomic E-state index is 13.1. The first-order valence-corrected chi connectivity index (χ1v) is 8.82. The Hall–Kier alpha value is -1.49. The molecule has 1 aliphatic carbocycles. The van der Waals surface area contributed by atoms with Gasteiger partial charge in [-0.1, -0.05) is 13.8 Å². The second-order valence-electron chi connectivity index (χ2n) is 7.46. The van der Waals surface area contributed by atoms with Crippen molar-refractivity contribution in [3.63, 3.8) is 0 Å². The molecule has 0 aromatic carbocycles. The van der Waals surface area contributed by atoms with Crippen LogP contribution in [0.1, 0.15) is 26.7 Å². The first-order chi connectivity index (χ1) is 11.3. The van der Waals surface area contributed by atoms with Gasteiger partial charge in [0.2, 0.25) is 5.91 Å². The number of ether oxygens (including phenoxy) is 2. The van der Waals surface area contributed by atoms with E-state index in [1.807, 2.05) is 17.1 Å². The lowest BCUT2D eigenvalue weighted by Gasteiger charge is -2.34. The van der Waals surface area contributed by atoms with Crippen LogP contribution in [0.5, 0.6) is 0 Å². The summed E-state index contributed by atoms with van der Waals surface area (Å²) in [6.07, 6.45) is 5.85. The van der Waals surface area contributed by atoms with Gasteiger partial charge in [-0.3, -0.25) is 4.79 Å². The molecule has 136 valence electrons. The molecule has 5 heteroatoms. The van der Waals surface area contributed by atoms with E-state index in [4.69, 9.17) is 9.47 Å². The minimum atomic E-state index is -0.597. The van der Waals surface area contributed by atoms with E-state index in [2.05, 4.69) is 32.8 Å². The largest absolute Gasteiger partial charge is 0.501 e. The fourth-order valence-corrected chi connectivity index (χ4v) is 3.78. The number of nitrogens with zero attached hydrogens (tertiary/aromatic N) is 2. The second kappa shape index (κ2) is 7.60. The molecule has 2 aliphatic rings. The summed E-state index contributed by atoms with van der Waals surface area (Å²) in [5.74, 6) is 2.32. The molecule has 1 aliphatic heterocycles. The number of hydrogen-bond donors (Lipinski definition) is 0. The number of amides is 1. The number of rotatable bonds is 7. The summed E-state index contributed by atoms with van der Waals surface area (Å²) >= 11 is 0. The molecule has 24 heavy (non-hydrogen) atoms. The average Bonchev–Trinajstić information content (AvgIpc) is 2.82. The van der Waals surface area contributed by atoms with Crippen LogP contribution in [-0.2, 0) is 14.3 Å². The highest BCUT2D eigenvalue weighted by atomic mass is 16.5. The van der Waals surface area contributed by atoms with Crippen molar-refractivity contribution in [3.8, 4) is 0 Å². The summed E-state index contributed by atoms with van der Waals surface area (Å²) in [7, 11) is 7.48. The van der Waals surface area contributed by atoms with Crippen LogP contribution in [0.4, 0.5) is 0 Å². The van der Waals surface area contributed by atoms with Crippen molar-refractivity contribution in [2.24, 2.45) is 17.3 Å². The Morgan fingerprint density at radius 2 is 1.83 bits per heavy atom. The Morgan fingerprint density at radius 3 is 2.29 bits per heavy atom. The highest BCUT2D eigenvalue weighted by Crippen LogP contribution is 2.45. The summed E-state index contributed by atoms with van der Waals surface area (Å²) in [4.78, 5) is 17.2. The van der Waals surface area contributed by atoms with Crippen LogP contribution in [0, 0.1) is 17.3 Å². The molecule has 0 aromatic rings. The highest BCUT2D eigenvalue weighted by Gasteiger charge is 2.48. The van der Waals surface area contributed by atoms with Crippen LogP contribution in [0.25, 0.3) is 0 Å². The van der Waals surface area contributed by atoms with Crippen LogP contribution in [0.2, 0.25) is 0 Å². The molecule has 1 amide bonds. The Kier molecular flexibility index (Phi) is 5.97. The predicted molar refractivity (Wildman–Crippen MR) is 95.3 cm³/mol. The lowest BCUT2D eigenvalue weighted by Crippen LogP contribution is -2.37. The molecule has 1 saturated heterocycles. The molecule has 0 unspecified atom stereocenters. The molecule has 0 N–H and O–H groups in total. The quantitative estimate of drug-likeness (QED) is 0.716. The van der Waals surface area contributed by atoms with E-state index in [0.29, 0.717) is 5.92 Å². The van der Waals surface area contributed by atoms with Crippen LogP contribution >= 0.6 is 0 Å². The van der Waals surface area contributed by atoms with Crippen molar-refractivity contribution in [1.29, 1.82) is 0 Å². The molecular weight excluding hydrogens is 304 g/mol. The van der Waals surface area contributed by atoms with Crippen molar-refractivity contribution >= 4 is 5.91 Å². The zero-order valence-corrected chi connectivity index (χ0v) is 16.0. The number of hydrogen-bond acceptors (Lipinski definition) is 4. The lowest BCUT2D eigenvalue weighted by atomic mass is 9.75. The SMILES string of the molecule is COC1=CC2(C=C(OC)C1C(C)C)CCN(CCCN(C)C)C2=O. The zero-order chi connectivity index (χ0) is 17.9. The van der Waals surface area contributed by atoms with Gasteiger partial charge in [-0.05, 0) is 51.6 Å². The fraction of sp³-hybridized carbons (Fsp3) is 0.737. The van der Waals surface area contributed by atoms with Gasteiger partial charge < -0.3 is 19.3 Å². The van der Waals surface area contributed by atoms with E-state index in [1.165, 1.54) is 0 Å². The second-order valence-corrected chi connectivity index (χ2v) is 7.46. The summed E-state index contributed by atoms with van der Waals surface area (Å²) in [5.41, 5.74) is -0.597. The molecular formula is C19H32N2O3. The molecule has 0 radical (unpaired) electrons. The fourth-order valence-electron chi connectivity index (χ4n) is 3.78. The number of carbonyl (C=O) groups is 1. The highest BCUT2D eigenvalue weighted by molar-refractivity contribution is 5.89. The van der Waals surface area contributed by atoms with Gasteiger partial charge in [0.25, 0.3) is 0 Å². The Balaban J connectivity index is 2.21. The van der Waals surface area contributed by atoms with E-state index in [0.717, 1.165) is 44.0 Å². The summed E-state index contributed by atoms with van der Waals surface area (Å²) in [6.45, 7) is 6.88. The molecule has 0 saturated carbocycles. The Bertz CT molecular complexity index is 501. The van der Waals surface area contributed by atoms with Gasteiger partial charge in [0, 0.05) is 13.1 Å². The molecule has 0 aromatic heterocycles. The Labute approximate surface area is 146 Å². The van der Waals surface area contributed by atoms with E-state index in [9.17, 15) is 4.79 Å². The first kappa shape index (κ1) is 18.8. The molecule has 2 rings (SSSR count). The van der Waals surface area contributed by atoms with Gasteiger partial charge in [0.15, 0.2) is 0 Å². The van der Waals surface area contributed by atoms with E-state index >= 15 is 0 Å². The molecule has 0 atom stereocenters. The van der Waals surface area contributed by atoms with Crippen molar-refractivity contribution in [1.82, 2.24) is 9.80 Å². The van der Waals surface area contributed by atoms with E-state index in [-0.39, 0.29) is 11.8 Å². The molecule has 1 fully saturated rings. The summed E-state index contributed by atoms with van der Waals surface area (Å²) < 4.78 is 11.3. The smallest absolute Gasteiger partial charge is 0.236 e. The first-order valence-electron chi connectivity index (χ1n) is 8.82. The maximum Gasteiger partial charge on any atom is 0.236 e. The standard InChI is InChI=1S/C19H32N2O3/c1-14(2)17-15(23-5)12-19(13-16(17)24-6)8-11-21(18(19)22)10-7-9-20(3)4/h12-14,17H,7-11H2,1-6H3. The normalized spacial score (nSPS) is 27.1. The van der Waals surface area contributed by atoms with Gasteiger partial charge in [-0.15, -0.1) is 0 Å². The number of likely N-dealkylation sites (tertiary alicyclic amines) is 1. The van der Waals surface area contributed by atoms with Crippen LogP contribution < -0.4 is 0 Å². The van der Waals surface area contributed by atoms with Crippen molar-refractivity contribution in [2.45, 2.75) is 26.7 Å². The van der Waals surface area contributed by atoms with Gasteiger partial charge in [0.1, 0.15) is 11.5 Å². The van der Waals surface area contributed by atoms with Crippen LogP contribution in [0.15, 0.2) is 23.7 Å². The average molecular weight is 336 g/mol. The topological polar surface area (TPSA) is 42.0 Å². The third kappa shape index (κ3) is 3.61. The summed E-state index contributed by atoms with van der Waals surface area (Å²) in [6, 6.07) is 0. The monoisotopic (exact) mass is 336 g/mol. The minimum Gasteiger partial charge on any atom is -0.501 e. The third-order valence-corrected chi connectivity index (χ3v) is 5.06. The van der Waals surface area contributed by atoms with Crippen molar-refractivity contribution in [2.75, 3.05) is 47.9 Å². The van der Waals surface area contributed by atoms with E-state index in [1.54, 1.807) is 14.2 Å². The third-order valence-electron chi connectivity index (χ3n) is 5.06. The van der Waals surface area contributed by atoms with Crippen molar-refractivity contribution < 1.29 is 14.3 Å². The molecule has 1 spiro atoms. The number of methoxy groups -OCH3 is 2.